The monoisotopic (exact) mass is 839 g/mol. The molecule has 0 saturated carbocycles. The maximum absolute atomic E-state index is 13.2. The van der Waals surface area contributed by atoms with Gasteiger partial charge >= 0.3 is 11.9 Å². The molecule has 0 rings (SSSR count). The largest absolute Gasteiger partial charge is 0.393 e. The second-order valence-electron chi connectivity index (χ2n) is 18.7. The summed E-state index contributed by atoms with van der Waals surface area (Å²) in [4.78, 5) is 25.9. The predicted molar refractivity (Wildman–Crippen MR) is 260 cm³/mol. The molecule has 0 aromatic rings. The van der Waals surface area contributed by atoms with E-state index in [1.54, 1.807) is 0 Å². The van der Waals surface area contributed by atoms with Crippen molar-refractivity contribution in [3.63, 3.8) is 0 Å². The molecule has 0 aromatic carbocycles. The molecule has 4 heteroatoms. The minimum atomic E-state index is -0.285. The van der Waals surface area contributed by atoms with Gasteiger partial charge in [0, 0.05) is 6.42 Å². The molecule has 348 valence electrons. The van der Waals surface area contributed by atoms with E-state index in [0.29, 0.717) is 6.42 Å². The van der Waals surface area contributed by atoms with Crippen LogP contribution in [0.4, 0.5) is 0 Å². The third-order valence-electron chi connectivity index (χ3n) is 12.8. The second-order valence-corrected chi connectivity index (χ2v) is 18.7. The highest BCUT2D eigenvalue weighted by Crippen LogP contribution is 2.23. The molecule has 0 fully saturated rings. The summed E-state index contributed by atoms with van der Waals surface area (Å²) >= 11 is 0. The summed E-state index contributed by atoms with van der Waals surface area (Å²) < 4.78 is 5.50. The van der Waals surface area contributed by atoms with Gasteiger partial charge in [0.25, 0.3) is 0 Å². The Morgan fingerprint density at radius 1 is 0.293 bits per heavy atom. The van der Waals surface area contributed by atoms with E-state index in [2.05, 4.69) is 20.8 Å². The molecule has 1 unspecified atom stereocenters. The fourth-order valence-electron chi connectivity index (χ4n) is 8.79. The average molecular weight is 840 g/mol. The molecular weight excluding hydrogens is 732 g/mol. The zero-order valence-corrected chi connectivity index (χ0v) is 41.0. The topological polar surface area (TPSA) is 43.4 Å². The van der Waals surface area contributed by atoms with Crippen LogP contribution < -0.4 is 0 Å². The van der Waals surface area contributed by atoms with E-state index in [9.17, 15) is 9.59 Å². The molecule has 3 nitrogen and oxygen atoms in total. The quantitative estimate of drug-likeness (QED) is 0.0348. The molecule has 0 radical (unpaired) electrons. The lowest BCUT2D eigenvalue weighted by Crippen LogP contribution is -2.21. The molecule has 1 atom stereocenters. The van der Waals surface area contributed by atoms with Gasteiger partial charge in [0.05, 0.1) is 5.92 Å². The SMILES string of the molecule is CCCCCCCCCCCCCCCCCCC(CCCCCCCCCCCCCCCC)C(=O)OC(=O)CCCCCCCCCCCCCCCCC.Cl. The van der Waals surface area contributed by atoms with Crippen molar-refractivity contribution in [3.05, 3.63) is 0 Å². The van der Waals surface area contributed by atoms with Gasteiger partial charge in [0.15, 0.2) is 0 Å². The van der Waals surface area contributed by atoms with E-state index >= 15 is 0 Å². The van der Waals surface area contributed by atoms with Crippen LogP contribution in [0.2, 0.25) is 0 Å². The van der Waals surface area contributed by atoms with Crippen LogP contribution in [-0.2, 0) is 14.3 Å². The van der Waals surface area contributed by atoms with Gasteiger partial charge in [-0.25, -0.2) is 0 Å². The van der Waals surface area contributed by atoms with E-state index in [1.807, 2.05) is 0 Å². The second kappa shape index (κ2) is 52.6. The molecule has 0 bridgehead atoms. The first kappa shape index (κ1) is 59.5. The molecule has 0 spiro atoms. The van der Waals surface area contributed by atoms with Gasteiger partial charge in [0.2, 0.25) is 0 Å². The van der Waals surface area contributed by atoms with E-state index in [-0.39, 0.29) is 30.3 Å². The third kappa shape index (κ3) is 48.1. The Labute approximate surface area is 372 Å². The first-order chi connectivity index (χ1) is 28.2. The summed E-state index contributed by atoms with van der Waals surface area (Å²) in [6.07, 6.45) is 62.5. The van der Waals surface area contributed by atoms with Crippen LogP contribution in [0.3, 0.4) is 0 Å². The van der Waals surface area contributed by atoms with Crippen LogP contribution in [0, 0.1) is 5.92 Å². The molecule has 0 saturated heterocycles. The highest BCUT2D eigenvalue weighted by atomic mass is 35.5. The fourth-order valence-corrected chi connectivity index (χ4v) is 8.79. The van der Waals surface area contributed by atoms with Crippen LogP contribution in [-0.4, -0.2) is 11.9 Å². The van der Waals surface area contributed by atoms with Gasteiger partial charge < -0.3 is 4.74 Å². The van der Waals surface area contributed by atoms with Crippen LogP contribution in [0.15, 0.2) is 0 Å². The van der Waals surface area contributed by atoms with E-state index in [4.69, 9.17) is 4.74 Å². The van der Waals surface area contributed by atoms with Crippen LogP contribution in [0.1, 0.15) is 329 Å². The maximum atomic E-state index is 13.2. The number of unbranched alkanes of at least 4 members (excludes halogenated alkanes) is 42. The highest BCUT2D eigenvalue weighted by Gasteiger charge is 2.22. The Morgan fingerprint density at radius 3 is 0.707 bits per heavy atom. The van der Waals surface area contributed by atoms with Crippen molar-refractivity contribution >= 4 is 24.3 Å². The summed E-state index contributed by atoms with van der Waals surface area (Å²) in [6, 6.07) is 0. The smallest absolute Gasteiger partial charge is 0.316 e. The normalized spacial score (nSPS) is 11.8. The number of carbonyl (C=O) groups excluding carboxylic acids is 2. The molecular formula is C54H107ClO3. The molecule has 58 heavy (non-hydrogen) atoms. The van der Waals surface area contributed by atoms with Crippen molar-refractivity contribution < 1.29 is 14.3 Å². The molecule has 0 heterocycles. The summed E-state index contributed by atoms with van der Waals surface area (Å²) in [7, 11) is 0. The number of esters is 2. The molecule has 0 aliphatic rings. The molecule has 0 aliphatic heterocycles. The van der Waals surface area contributed by atoms with Gasteiger partial charge in [-0.3, -0.25) is 9.59 Å². The molecule has 0 aromatic heterocycles. The summed E-state index contributed by atoms with van der Waals surface area (Å²) in [5.74, 6) is -0.608. The van der Waals surface area contributed by atoms with E-state index in [0.717, 1.165) is 38.5 Å². The lowest BCUT2D eigenvalue weighted by Gasteiger charge is -2.15. The predicted octanol–water partition coefficient (Wildman–Crippen LogP) is 19.9. The van der Waals surface area contributed by atoms with Crippen molar-refractivity contribution in [2.24, 2.45) is 5.92 Å². The summed E-state index contributed by atoms with van der Waals surface area (Å²) in [5.41, 5.74) is 0. The minimum Gasteiger partial charge on any atom is -0.393 e. The number of carbonyl (C=O) groups is 2. The number of hydrogen-bond acceptors (Lipinski definition) is 3. The average Bonchev–Trinajstić information content (AvgIpc) is 3.21. The lowest BCUT2D eigenvalue weighted by molar-refractivity contribution is -0.163. The van der Waals surface area contributed by atoms with Crippen molar-refractivity contribution in [1.29, 1.82) is 0 Å². The van der Waals surface area contributed by atoms with Crippen molar-refractivity contribution in [3.8, 4) is 0 Å². The number of rotatable bonds is 49. The number of halogens is 1. The molecule has 0 aliphatic carbocycles. The zero-order chi connectivity index (χ0) is 41.4. The van der Waals surface area contributed by atoms with Gasteiger partial charge in [-0.2, -0.15) is 0 Å². The van der Waals surface area contributed by atoms with Gasteiger partial charge in [-0.15, -0.1) is 12.4 Å². The summed E-state index contributed by atoms with van der Waals surface area (Å²) in [6.45, 7) is 6.87. The van der Waals surface area contributed by atoms with Gasteiger partial charge in [-0.1, -0.05) is 303 Å². The third-order valence-corrected chi connectivity index (χ3v) is 12.8. The first-order valence-corrected chi connectivity index (χ1v) is 26.9. The van der Waals surface area contributed by atoms with Crippen molar-refractivity contribution in [2.75, 3.05) is 0 Å². The van der Waals surface area contributed by atoms with Crippen LogP contribution in [0.25, 0.3) is 0 Å². The summed E-state index contributed by atoms with van der Waals surface area (Å²) in [5, 5.41) is 0. The maximum Gasteiger partial charge on any atom is 0.316 e. The molecule has 0 N–H and O–H groups in total. The van der Waals surface area contributed by atoms with Crippen LogP contribution >= 0.6 is 12.4 Å². The van der Waals surface area contributed by atoms with Crippen molar-refractivity contribution in [2.45, 2.75) is 329 Å². The number of ether oxygens (including phenoxy) is 1. The van der Waals surface area contributed by atoms with E-state index in [1.165, 1.54) is 263 Å². The number of hydrogen-bond donors (Lipinski definition) is 0. The fraction of sp³-hybridized carbons (Fsp3) is 0.963. The Balaban J connectivity index is 0. The minimum absolute atomic E-state index is 0. The van der Waals surface area contributed by atoms with Gasteiger partial charge in [0.1, 0.15) is 0 Å². The lowest BCUT2D eigenvalue weighted by atomic mass is 9.94. The standard InChI is InChI=1S/C54H106O3.ClH/c1-4-7-10-13-16-19-22-25-28-30-32-35-38-41-44-47-50-52(49-46-43-40-37-34-31-27-24-21-18-15-12-9-6-3)54(56)57-53(55)51-48-45-42-39-36-33-29-26-23-20-17-14-11-8-5-2;/h52H,4-51H2,1-3H3;1H. The Hall–Kier alpha value is -0.570. The van der Waals surface area contributed by atoms with Crippen LogP contribution in [0.5, 0.6) is 0 Å². The Kier molecular flexibility index (Phi) is 53.9. The molecule has 0 amide bonds. The Morgan fingerprint density at radius 2 is 0.483 bits per heavy atom. The van der Waals surface area contributed by atoms with Crippen molar-refractivity contribution in [1.82, 2.24) is 0 Å². The highest BCUT2D eigenvalue weighted by molar-refractivity contribution is 5.86. The zero-order valence-electron chi connectivity index (χ0n) is 40.2. The first-order valence-electron chi connectivity index (χ1n) is 26.9. The Bertz CT molecular complexity index is 784. The van der Waals surface area contributed by atoms with E-state index < -0.39 is 0 Å². The van der Waals surface area contributed by atoms with Gasteiger partial charge in [-0.05, 0) is 19.3 Å².